The summed E-state index contributed by atoms with van der Waals surface area (Å²) in [6, 6.07) is 0. The zero-order valence-corrected chi connectivity index (χ0v) is 7.16. The fraction of sp³-hybridized carbons (Fsp3) is 1.00. The van der Waals surface area contributed by atoms with Crippen LogP contribution in [0.5, 0.6) is 0 Å². The predicted octanol–water partition coefficient (Wildman–Crippen LogP) is 2.32. The highest BCUT2D eigenvalue weighted by atomic mass is 31.0. The maximum absolute atomic E-state index is 2.39. The number of hydrogen-bond acceptors (Lipinski definition) is 0. The summed E-state index contributed by atoms with van der Waals surface area (Å²) in [4.78, 5) is 0. The third-order valence-corrected chi connectivity index (χ3v) is 2.77. The third kappa shape index (κ3) is 1.74. The van der Waals surface area contributed by atoms with Crippen LogP contribution in [0.2, 0.25) is 0 Å². The second-order valence-corrected chi connectivity index (χ2v) is 5.08. The van der Waals surface area contributed by atoms with Crippen molar-refractivity contribution in [1.82, 2.24) is 0 Å². The molecule has 8 heavy (non-hydrogen) atoms. The lowest BCUT2D eigenvalue weighted by atomic mass is 9.90. The summed E-state index contributed by atoms with van der Waals surface area (Å²) >= 11 is 0. The molecule has 1 rings (SSSR count). The average Bonchev–Trinajstić information content (AvgIpc) is 1.65. The standard InChI is InChI=1S/C7H15P/c1-7(8)5-3-2-4-6-7/h2-6,8H2,1H3/p+1. The van der Waals surface area contributed by atoms with Gasteiger partial charge in [-0.25, -0.2) is 0 Å². The second kappa shape index (κ2) is 2.35. The van der Waals surface area contributed by atoms with Crippen LogP contribution in [0.4, 0.5) is 0 Å². The van der Waals surface area contributed by atoms with Gasteiger partial charge in [0.15, 0.2) is 0 Å². The van der Waals surface area contributed by atoms with Crippen molar-refractivity contribution >= 4 is 9.24 Å². The molecule has 1 saturated carbocycles. The topological polar surface area (TPSA) is 0 Å². The maximum atomic E-state index is 2.39. The molecular weight excluding hydrogens is 115 g/mol. The molecule has 1 unspecified atom stereocenters. The van der Waals surface area contributed by atoms with E-state index in [2.05, 4.69) is 16.2 Å². The van der Waals surface area contributed by atoms with Gasteiger partial charge in [-0.1, -0.05) is 6.42 Å². The molecular formula is C7H16P+. The Morgan fingerprint density at radius 3 is 1.88 bits per heavy atom. The van der Waals surface area contributed by atoms with Crippen molar-refractivity contribution in [3.8, 4) is 0 Å². The molecule has 0 aromatic rings. The van der Waals surface area contributed by atoms with Gasteiger partial charge in [0, 0.05) is 0 Å². The molecule has 0 aliphatic heterocycles. The Kier molecular flexibility index (Phi) is 1.92. The van der Waals surface area contributed by atoms with Crippen LogP contribution in [-0.4, -0.2) is 5.16 Å². The zero-order valence-electron chi connectivity index (χ0n) is 5.74. The van der Waals surface area contributed by atoms with Crippen LogP contribution < -0.4 is 0 Å². The van der Waals surface area contributed by atoms with Crippen molar-refractivity contribution in [1.29, 1.82) is 0 Å². The smallest absolute Gasteiger partial charge is 0.0530 e. The molecule has 0 radical (unpaired) electrons. The molecule has 0 saturated heterocycles. The zero-order chi connectivity index (χ0) is 6.04. The first-order chi connectivity index (χ1) is 3.71. The Labute approximate surface area is 54.3 Å². The van der Waals surface area contributed by atoms with Gasteiger partial charge in [-0.2, -0.15) is 0 Å². The second-order valence-electron chi connectivity index (χ2n) is 3.37. The van der Waals surface area contributed by atoms with Crippen LogP contribution in [0.25, 0.3) is 0 Å². The van der Waals surface area contributed by atoms with Gasteiger partial charge in [0.05, 0.1) is 5.16 Å². The van der Waals surface area contributed by atoms with E-state index in [1.54, 1.807) is 0 Å². The minimum atomic E-state index is 0.707. The van der Waals surface area contributed by atoms with Crippen LogP contribution in [0.1, 0.15) is 39.0 Å². The highest BCUT2D eigenvalue weighted by Crippen LogP contribution is 2.34. The van der Waals surface area contributed by atoms with Crippen molar-refractivity contribution in [2.45, 2.75) is 44.2 Å². The number of rotatable bonds is 0. The molecule has 0 bridgehead atoms. The van der Waals surface area contributed by atoms with Crippen LogP contribution >= 0.6 is 9.24 Å². The molecule has 0 nitrogen and oxygen atoms in total. The molecule has 1 aliphatic carbocycles. The largest absolute Gasteiger partial charge is 0.0703 e. The van der Waals surface area contributed by atoms with Gasteiger partial charge < -0.3 is 0 Å². The summed E-state index contributed by atoms with van der Waals surface area (Å²) < 4.78 is 0. The predicted molar refractivity (Wildman–Crippen MR) is 42.6 cm³/mol. The van der Waals surface area contributed by atoms with E-state index in [0.717, 1.165) is 0 Å². The fourth-order valence-corrected chi connectivity index (χ4v) is 1.91. The first-order valence-corrected chi connectivity index (χ1v) is 4.27. The maximum Gasteiger partial charge on any atom is 0.0703 e. The summed E-state index contributed by atoms with van der Waals surface area (Å²) in [5, 5.41) is 0.707. The minimum absolute atomic E-state index is 0.707. The highest BCUT2D eigenvalue weighted by molar-refractivity contribution is 7.18. The van der Waals surface area contributed by atoms with Gasteiger partial charge in [-0.05, 0) is 41.8 Å². The van der Waals surface area contributed by atoms with E-state index in [9.17, 15) is 0 Å². The highest BCUT2D eigenvalue weighted by Gasteiger charge is 2.25. The Hall–Kier alpha value is 0.430. The van der Waals surface area contributed by atoms with Crippen molar-refractivity contribution in [2.75, 3.05) is 0 Å². The molecule has 0 aromatic carbocycles. The van der Waals surface area contributed by atoms with Crippen LogP contribution in [-0.2, 0) is 0 Å². The molecule has 0 N–H and O–H groups in total. The first-order valence-electron chi connectivity index (χ1n) is 3.56. The van der Waals surface area contributed by atoms with Gasteiger partial charge in [-0.3, -0.25) is 0 Å². The van der Waals surface area contributed by atoms with Gasteiger partial charge in [0.25, 0.3) is 0 Å². The quantitative estimate of drug-likeness (QED) is 0.442. The third-order valence-electron chi connectivity index (χ3n) is 2.06. The van der Waals surface area contributed by atoms with Crippen molar-refractivity contribution in [2.24, 2.45) is 0 Å². The lowest BCUT2D eigenvalue weighted by Gasteiger charge is -2.23. The summed E-state index contributed by atoms with van der Waals surface area (Å²) in [5.74, 6) is 0. The number of hydrogen-bond donors (Lipinski definition) is 0. The van der Waals surface area contributed by atoms with Crippen LogP contribution in [0.3, 0.4) is 0 Å². The van der Waals surface area contributed by atoms with Gasteiger partial charge in [0.1, 0.15) is 0 Å². The summed E-state index contributed by atoms with van der Waals surface area (Å²) in [6.45, 7) is 2.39. The van der Waals surface area contributed by atoms with Crippen molar-refractivity contribution < 1.29 is 0 Å². The fourth-order valence-electron chi connectivity index (χ4n) is 1.41. The van der Waals surface area contributed by atoms with E-state index in [1.807, 2.05) is 0 Å². The molecule has 0 spiro atoms. The Morgan fingerprint density at radius 2 is 1.62 bits per heavy atom. The Bertz CT molecular complexity index is 68.5. The van der Waals surface area contributed by atoms with E-state index >= 15 is 0 Å². The monoisotopic (exact) mass is 131 g/mol. The normalized spacial score (nSPS) is 28.1. The van der Waals surface area contributed by atoms with Crippen LogP contribution in [0, 0.1) is 0 Å². The Morgan fingerprint density at radius 1 is 1.12 bits per heavy atom. The molecule has 1 aliphatic rings. The van der Waals surface area contributed by atoms with Gasteiger partial charge in [0.2, 0.25) is 0 Å². The van der Waals surface area contributed by atoms with E-state index in [1.165, 1.54) is 32.1 Å². The van der Waals surface area contributed by atoms with Crippen LogP contribution in [0.15, 0.2) is 0 Å². The van der Waals surface area contributed by atoms with E-state index < -0.39 is 0 Å². The van der Waals surface area contributed by atoms with E-state index in [4.69, 9.17) is 0 Å². The summed E-state index contributed by atoms with van der Waals surface area (Å²) in [7, 11) is 2.19. The summed E-state index contributed by atoms with van der Waals surface area (Å²) in [5.41, 5.74) is 0. The lowest BCUT2D eigenvalue weighted by molar-refractivity contribution is 0.421. The lowest BCUT2D eigenvalue weighted by Crippen LogP contribution is -2.18. The molecule has 1 fully saturated rings. The van der Waals surface area contributed by atoms with Crippen molar-refractivity contribution in [3.63, 3.8) is 0 Å². The molecule has 48 valence electrons. The molecule has 0 heterocycles. The molecule has 1 atom stereocenters. The average molecular weight is 131 g/mol. The molecule has 1 heteroatoms. The minimum Gasteiger partial charge on any atom is -0.0530 e. The Balaban J connectivity index is 2.33. The first kappa shape index (κ1) is 6.55. The molecule has 0 aromatic heterocycles. The van der Waals surface area contributed by atoms with Crippen molar-refractivity contribution in [3.05, 3.63) is 0 Å². The summed E-state index contributed by atoms with van der Waals surface area (Å²) in [6.07, 6.45) is 7.35. The van der Waals surface area contributed by atoms with Gasteiger partial charge in [-0.15, -0.1) is 0 Å². The van der Waals surface area contributed by atoms with E-state index in [-0.39, 0.29) is 0 Å². The SMILES string of the molecule is CC1([PH3+])CCCCC1. The van der Waals surface area contributed by atoms with Gasteiger partial charge >= 0.3 is 0 Å². The van der Waals surface area contributed by atoms with E-state index in [0.29, 0.717) is 5.16 Å². The molecule has 0 amide bonds.